The molecular weight excluding hydrogens is 528 g/mol. The SMILES string of the molecule is S=C(Nc1nc(N2CCN(c3ccccc3)CC2)cc(N2CCN(c3ccccc3)CC2)n1)NC1CCCCCC1. The van der Waals surface area contributed by atoms with E-state index in [9.17, 15) is 0 Å². The maximum absolute atomic E-state index is 5.76. The smallest absolute Gasteiger partial charge is 0.232 e. The summed E-state index contributed by atoms with van der Waals surface area (Å²) in [6, 6.07) is 24.0. The van der Waals surface area contributed by atoms with Crippen molar-refractivity contribution in [3.05, 3.63) is 66.7 Å². The third kappa shape index (κ3) is 7.19. The number of nitrogens with one attached hydrogen (secondary N) is 2. The Kier molecular flexibility index (Phi) is 9.00. The van der Waals surface area contributed by atoms with Gasteiger partial charge in [0.1, 0.15) is 11.6 Å². The van der Waals surface area contributed by atoms with Gasteiger partial charge in [0, 0.05) is 75.8 Å². The Morgan fingerprint density at radius 3 is 1.51 bits per heavy atom. The van der Waals surface area contributed by atoms with Gasteiger partial charge in [0.2, 0.25) is 5.95 Å². The Labute approximate surface area is 249 Å². The normalized spacial score (nSPS) is 18.6. The van der Waals surface area contributed by atoms with E-state index in [1.807, 2.05) is 0 Å². The van der Waals surface area contributed by atoms with Crippen molar-refractivity contribution in [2.75, 3.05) is 77.3 Å². The molecule has 2 aliphatic heterocycles. The number of piperazine rings is 2. The zero-order chi connectivity index (χ0) is 27.9. The highest BCUT2D eigenvalue weighted by molar-refractivity contribution is 7.80. The molecule has 41 heavy (non-hydrogen) atoms. The molecule has 1 aliphatic carbocycles. The first-order valence-corrected chi connectivity index (χ1v) is 15.7. The average Bonchev–Trinajstić information content (AvgIpc) is 3.30. The van der Waals surface area contributed by atoms with Crippen LogP contribution in [0.15, 0.2) is 66.7 Å². The lowest BCUT2D eigenvalue weighted by Gasteiger charge is -2.38. The molecule has 2 aromatic carbocycles. The first kappa shape index (κ1) is 27.6. The maximum atomic E-state index is 5.76. The van der Waals surface area contributed by atoms with Crippen LogP contribution in [0, 0.1) is 0 Å². The molecule has 1 saturated carbocycles. The highest BCUT2D eigenvalue weighted by Crippen LogP contribution is 2.26. The summed E-state index contributed by atoms with van der Waals surface area (Å²) >= 11 is 5.76. The van der Waals surface area contributed by atoms with Gasteiger partial charge in [-0.25, -0.2) is 0 Å². The summed E-state index contributed by atoms with van der Waals surface area (Å²) < 4.78 is 0. The molecule has 216 valence electrons. The second kappa shape index (κ2) is 13.4. The van der Waals surface area contributed by atoms with Crippen LogP contribution in [0.3, 0.4) is 0 Å². The molecule has 0 atom stereocenters. The summed E-state index contributed by atoms with van der Waals surface area (Å²) in [5.74, 6) is 2.51. The van der Waals surface area contributed by atoms with Crippen LogP contribution < -0.4 is 30.2 Å². The largest absolute Gasteiger partial charge is 0.368 e. The zero-order valence-electron chi connectivity index (χ0n) is 23.9. The third-order valence-corrected chi connectivity index (χ3v) is 8.78. The van der Waals surface area contributed by atoms with Crippen molar-refractivity contribution in [1.82, 2.24) is 15.3 Å². The molecule has 8 nitrogen and oxygen atoms in total. The quantitative estimate of drug-likeness (QED) is 0.310. The van der Waals surface area contributed by atoms with Gasteiger partial charge in [-0.2, -0.15) is 9.97 Å². The highest BCUT2D eigenvalue weighted by atomic mass is 32.1. The van der Waals surface area contributed by atoms with E-state index in [-0.39, 0.29) is 0 Å². The topological polar surface area (TPSA) is 62.8 Å². The molecule has 3 aromatic rings. The summed E-state index contributed by atoms with van der Waals surface area (Å²) in [6.45, 7) is 7.50. The number of rotatable bonds is 6. The van der Waals surface area contributed by atoms with E-state index in [0.717, 1.165) is 64.0 Å². The van der Waals surface area contributed by atoms with Gasteiger partial charge < -0.3 is 30.2 Å². The van der Waals surface area contributed by atoms with E-state index in [1.54, 1.807) is 0 Å². The van der Waals surface area contributed by atoms with Crippen molar-refractivity contribution in [1.29, 1.82) is 0 Å². The van der Waals surface area contributed by atoms with Crippen LogP contribution in [-0.2, 0) is 0 Å². The summed E-state index contributed by atoms with van der Waals surface area (Å²) in [6.07, 6.45) is 7.52. The Morgan fingerprint density at radius 2 is 1.05 bits per heavy atom. The van der Waals surface area contributed by atoms with E-state index in [2.05, 4.69) is 97.0 Å². The van der Waals surface area contributed by atoms with Gasteiger partial charge in [0.25, 0.3) is 0 Å². The lowest BCUT2D eigenvalue weighted by Crippen LogP contribution is -2.48. The van der Waals surface area contributed by atoms with Crippen LogP contribution in [-0.4, -0.2) is 73.5 Å². The molecule has 6 rings (SSSR count). The van der Waals surface area contributed by atoms with E-state index in [0.29, 0.717) is 17.1 Å². The fourth-order valence-electron chi connectivity index (χ4n) is 6.21. The number of benzene rings is 2. The predicted octanol–water partition coefficient (Wildman–Crippen LogP) is 5.14. The van der Waals surface area contributed by atoms with Crippen molar-refractivity contribution in [3.8, 4) is 0 Å². The monoisotopic (exact) mass is 570 g/mol. The number of anilines is 5. The molecule has 2 saturated heterocycles. The fraction of sp³-hybridized carbons (Fsp3) is 0.469. The molecule has 1 aromatic heterocycles. The average molecular weight is 571 g/mol. The summed E-state index contributed by atoms with van der Waals surface area (Å²) in [4.78, 5) is 19.6. The van der Waals surface area contributed by atoms with Gasteiger partial charge in [0.15, 0.2) is 5.11 Å². The summed E-state index contributed by atoms with van der Waals surface area (Å²) in [5, 5.41) is 7.54. The third-order valence-electron chi connectivity index (χ3n) is 8.56. The van der Waals surface area contributed by atoms with Gasteiger partial charge in [-0.05, 0) is 49.3 Å². The standard InChI is InChI=1S/C32H42N8S/c41-32(33-26-11-5-1-2-6-12-26)36-31-34-29(39-21-17-37(18-22-39)27-13-7-3-8-14-27)25-30(35-31)40-23-19-38(20-24-40)28-15-9-4-10-16-28/h3-4,7-10,13-16,25-26H,1-2,5-6,11-12,17-24H2,(H2,33,34,35,36,41). The minimum Gasteiger partial charge on any atom is -0.368 e. The number of nitrogens with zero attached hydrogens (tertiary/aromatic N) is 6. The van der Waals surface area contributed by atoms with Gasteiger partial charge in [0.05, 0.1) is 0 Å². The number of hydrogen-bond acceptors (Lipinski definition) is 7. The molecule has 0 amide bonds. The maximum Gasteiger partial charge on any atom is 0.232 e. The summed E-state index contributed by atoms with van der Waals surface area (Å²) in [7, 11) is 0. The number of para-hydroxylation sites is 2. The van der Waals surface area contributed by atoms with Gasteiger partial charge in [-0.1, -0.05) is 62.1 Å². The molecule has 3 aliphatic rings. The second-order valence-corrected chi connectivity index (χ2v) is 11.7. The minimum atomic E-state index is 0.428. The molecule has 0 unspecified atom stereocenters. The number of thiocarbonyl (C=S) groups is 1. The van der Waals surface area contributed by atoms with E-state index >= 15 is 0 Å². The molecule has 3 heterocycles. The zero-order valence-corrected chi connectivity index (χ0v) is 24.7. The lowest BCUT2D eigenvalue weighted by atomic mass is 10.1. The van der Waals surface area contributed by atoms with E-state index in [4.69, 9.17) is 22.2 Å². The Hall–Kier alpha value is -3.59. The van der Waals surface area contributed by atoms with Gasteiger partial charge >= 0.3 is 0 Å². The Morgan fingerprint density at radius 1 is 0.610 bits per heavy atom. The lowest BCUT2D eigenvalue weighted by molar-refractivity contribution is 0.535. The number of aromatic nitrogens is 2. The first-order chi connectivity index (χ1) is 20.2. The van der Waals surface area contributed by atoms with Crippen molar-refractivity contribution in [3.63, 3.8) is 0 Å². The van der Waals surface area contributed by atoms with Crippen LogP contribution in [0.5, 0.6) is 0 Å². The van der Waals surface area contributed by atoms with Gasteiger partial charge in [-0.15, -0.1) is 0 Å². The Bertz CT molecular complexity index is 1170. The molecule has 9 heteroatoms. The van der Waals surface area contributed by atoms with Crippen molar-refractivity contribution in [2.45, 2.75) is 44.6 Å². The predicted molar refractivity (Wildman–Crippen MR) is 175 cm³/mol. The molecule has 0 radical (unpaired) electrons. The van der Waals surface area contributed by atoms with Crippen LogP contribution in [0.4, 0.5) is 29.0 Å². The first-order valence-electron chi connectivity index (χ1n) is 15.3. The molecule has 2 N–H and O–H groups in total. The second-order valence-electron chi connectivity index (χ2n) is 11.3. The van der Waals surface area contributed by atoms with Crippen molar-refractivity contribution >= 4 is 46.3 Å². The molecule has 0 spiro atoms. The van der Waals surface area contributed by atoms with Crippen molar-refractivity contribution < 1.29 is 0 Å². The highest BCUT2D eigenvalue weighted by Gasteiger charge is 2.24. The molecule has 3 fully saturated rings. The van der Waals surface area contributed by atoms with Gasteiger partial charge in [-0.3, -0.25) is 0 Å². The van der Waals surface area contributed by atoms with Crippen LogP contribution in [0.1, 0.15) is 38.5 Å². The van der Waals surface area contributed by atoms with Crippen LogP contribution in [0.25, 0.3) is 0 Å². The summed E-state index contributed by atoms with van der Waals surface area (Å²) in [5.41, 5.74) is 2.56. The van der Waals surface area contributed by atoms with Crippen LogP contribution in [0.2, 0.25) is 0 Å². The Balaban J connectivity index is 1.17. The molecular formula is C32H42N8S. The van der Waals surface area contributed by atoms with E-state index < -0.39 is 0 Å². The van der Waals surface area contributed by atoms with E-state index in [1.165, 1.54) is 49.9 Å². The van der Waals surface area contributed by atoms with Crippen molar-refractivity contribution in [2.24, 2.45) is 0 Å². The number of hydrogen-bond donors (Lipinski definition) is 2. The fourth-order valence-corrected chi connectivity index (χ4v) is 6.47. The minimum absolute atomic E-state index is 0.428. The van der Waals surface area contributed by atoms with Crippen LogP contribution >= 0.6 is 12.2 Å². The molecule has 0 bridgehead atoms.